The molecule has 8 heteroatoms. The Bertz CT molecular complexity index is 897. The zero-order chi connectivity index (χ0) is 20.6. The molecule has 1 aliphatic heterocycles. The normalized spacial score (nSPS) is 18.4. The molecule has 0 radical (unpaired) electrons. The van der Waals surface area contributed by atoms with Crippen LogP contribution in [-0.2, 0) is 22.4 Å². The lowest BCUT2D eigenvalue weighted by atomic mass is 9.99. The highest BCUT2D eigenvalue weighted by Crippen LogP contribution is 2.48. The van der Waals surface area contributed by atoms with E-state index in [9.17, 15) is 13.2 Å². The molecule has 156 valence electrons. The molecule has 2 heterocycles. The van der Waals surface area contributed by atoms with Crippen LogP contribution in [0.5, 0.6) is 0 Å². The molecule has 29 heavy (non-hydrogen) atoms. The fraction of sp³-hybridized carbons (Fsp3) is 0.524. The van der Waals surface area contributed by atoms with Crippen LogP contribution in [0.2, 0.25) is 0 Å². The first-order valence-electron chi connectivity index (χ1n) is 9.76. The summed E-state index contributed by atoms with van der Waals surface area (Å²) in [6.07, 6.45) is -0.406. The first kappa shape index (κ1) is 20.1. The molecule has 1 N–H and O–H groups in total. The van der Waals surface area contributed by atoms with E-state index >= 15 is 0 Å². The number of aryl methyl sites for hydroxylation is 1. The zero-order valence-corrected chi connectivity index (χ0v) is 16.5. The van der Waals surface area contributed by atoms with Gasteiger partial charge in [0.2, 0.25) is 0 Å². The van der Waals surface area contributed by atoms with E-state index in [1.165, 1.54) is 12.1 Å². The molecule has 1 saturated heterocycles. The second-order valence-electron chi connectivity index (χ2n) is 8.02. The van der Waals surface area contributed by atoms with Gasteiger partial charge in [-0.3, -0.25) is 0 Å². The number of halogens is 3. The second kappa shape index (κ2) is 7.91. The summed E-state index contributed by atoms with van der Waals surface area (Å²) in [5, 5.41) is 3.10. The quantitative estimate of drug-likeness (QED) is 0.710. The highest BCUT2D eigenvalue weighted by molar-refractivity contribution is 5.49. The van der Waals surface area contributed by atoms with Crippen LogP contribution in [0.15, 0.2) is 18.2 Å². The molecule has 2 aromatic rings. The van der Waals surface area contributed by atoms with Crippen LogP contribution in [0.1, 0.15) is 60.7 Å². The molecule has 1 aromatic heterocycles. The summed E-state index contributed by atoms with van der Waals surface area (Å²) in [4.78, 5) is 9.11. The Labute approximate surface area is 167 Å². The minimum Gasteiger partial charge on any atom is -0.365 e. The van der Waals surface area contributed by atoms with Gasteiger partial charge in [-0.2, -0.15) is 0 Å². The molecule has 0 amide bonds. The number of anilines is 1. The summed E-state index contributed by atoms with van der Waals surface area (Å²) >= 11 is 0. The van der Waals surface area contributed by atoms with Crippen molar-refractivity contribution in [1.29, 1.82) is 0 Å². The fourth-order valence-electron chi connectivity index (χ4n) is 3.56. The molecule has 0 unspecified atom stereocenters. The summed E-state index contributed by atoms with van der Waals surface area (Å²) in [5.41, 5.74) is 1.32. The van der Waals surface area contributed by atoms with E-state index in [-0.39, 0.29) is 17.5 Å². The van der Waals surface area contributed by atoms with Crippen molar-refractivity contribution >= 4 is 5.82 Å². The number of nitrogens with zero attached hydrogens (tertiary/aromatic N) is 2. The molecule has 2 aliphatic rings. The molecule has 0 spiro atoms. The number of rotatable bonds is 7. The van der Waals surface area contributed by atoms with E-state index in [1.807, 2.05) is 0 Å². The van der Waals surface area contributed by atoms with Crippen LogP contribution in [0, 0.1) is 18.2 Å². The molecule has 0 bridgehead atoms. The number of hydrogen-bond acceptors (Lipinski definition) is 5. The Balaban J connectivity index is 1.65. The van der Waals surface area contributed by atoms with Gasteiger partial charge >= 0.3 is 0 Å². The Morgan fingerprint density at radius 3 is 2.59 bits per heavy atom. The maximum Gasteiger partial charge on any atom is 0.266 e. The molecule has 1 aliphatic carbocycles. The Hall–Kier alpha value is -2.19. The highest BCUT2D eigenvalue weighted by atomic mass is 19.3. The highest BCUT2D eigenvalue weighted by Gasteiger charge is 2.40. The van der Waals surface area contributed by atoms with Gasteiger partial charge in [-0.1, -0.05) is 25.1 Å². The minimum absolute atomic E-state index is 0.0132. The fourth-order valence-corrected chi connectivity index (χ4v) is 3.56. The maximum atomic E-state index is 14.4. The number of aromatic nitrogens is 2. The standard InChI is InChI=1S/C21H24F3N3O2/c1-12-26-15(10-21(2)6-7-21)16(20-28-8-9-29-20)19(27-12)25-11-13-4-3-5-14(17(13)22)18(23)24/h3-5,18,20H,6-11H2,1-2H3,(H,25,26,27). The number of alkyl halides is 2. The van der Waals surface area contributed by atoms with Crippen molar-refractivity contribution < 1.29 is 22.6 Å². The van der Waals surface area contributed by atoms with Crippen LogP contribution < -0.4 is 5.32 Å². The summed E-state index contributed by atoms with van der Waals surface area (Å²) in [6.45, 7) is 4.96. The Kier molecular flexibility index (Phi) is 5.48. The van der Waals surface area contributed by atoms with Gasteiger partial charge in [-0.15, -0.1) is 0 Å². The predicted molar refractivity (Wildman–Crippen MR) is 101 cm³/mol. The Morgan fingerprint density at radius 1 is 1.21 bits per heavy atom. The van der Waals surface area contributed by atoms with Crippen molar-refractivity contribution in [3.63, 3.8) is 0 Å². The number of benzene rings is 1. The number of hydrogen-bond donors (Lipinski definition) is 1. The SMILES string of the molecule is Cc1nc(CC2(C)CC2)c(C2OCCO2)c(NCc2cccc(C(F)F)c2F)n1. The van der Waals surface area contributed by atoms with Crippen molar-refractivity contribution in [3.05, 3.63) is 52.2 Å². The molecule has 5 nitrogen and oxygen atoms in total. The van der Waals surface area contributed by atoms with E-state index in [1.54, 1.807) is 6.92 Å². The first-order chi connectivity index (χ1) is 13.9. The van der Waals surface area contributed by atoms with Crippen molar-refractivity contribution in [2.75, 3.05) is 18.5 Å². The molecule has 2 fully saturated rings. The first-order valence-corrected chi connectivity index (χ1v) is 9.76. The third kappa shape index (κ3) is 4.38. The van der Waals surface area contributed by atoms with E-state index in [0.29, 0.717) is 30.4 Å². The molecule has 1 aromatic carbocycles. The van der Waals surface area contributed by atoms with Crippen LogP contribution in [-0.4, -0.2) is 23.2 Å². The predicted octanol–water partition coefficient (Wildman–Crippen LogP) is 4.86. The lowest BCUT2D eigenvalue weighted by Crippen LogP contribution is -2.16. The van der Waals surface area contributed by atoms with Crippen LogP contribution >= 0.6 is 0 Å². The summed E-state index contributed by atoms with van der Waals surface area (Å²) in [6, 6.07) is 4.01. The maximum absolute atomic E-state index is 14.4. The Morgan fingerprint density at radius 2 is 1.93 bits per heavy atom. The molecule has 4 rings (SSSR count). The van der Waals surface area contributed by atoms with Crippen molar-refractivity contribution in [1.82, 2.24) is 9.97 Å². The van der Waals surface area contributed by atoms with Gasteiger partial charge < -0.3 is 14.8 Å². The molecule has 1 saturated carbocycles. The summed E-state index contributed by atoms with van der Waals surface area (Å²) in [5.74, 6) is 0.169. The average Bonchev–Trinajstić information content (AvgIpc) is 3.16. The molecular formula is C21H24F3N3O2. The van der Waals surface area contributed by atoms with E-state index in [4.69, 9.17) is 9.47 Å². The molecular weight excluding hydrogens is 383 g/mol. The van der Waals surface area contributed by atoms with Gasteiger partial charge in [-0.05, 0) is 31.6 Å². The van der Waals surface area contributed by atoms with Crippen LogP contribution in [0.3, 0.4) is 0 Å². The largest absolute Gasteiger partial charge is 0.365 e. The number of ether oxygens (including phenoxy) is 2. The lowest BCUT2D eigenvalue weighted by Gasteiger charge is -2.21. The van der Waals surface area contributed by atoms with E-state index in [0.717, 1.165) is 31.0 Å². The van der Waals surface area contributed by atoms with Gasteiger partial charge in [0, 0.05) is 12.1 Å². The van der Waals surface area contributed by atoms with Gasteiger partial charge in [0.05, 0.1) is 30.0 Å². The van der Waals surface area contributed by atoms with E-state index in [2.05, 4.69) is 22.2 Å². The topological polar surface area (TPSA) is 56.3 Å². The summed E-state index contributed by atoms with van der Waals surface area (Å²) < 4.78 is 51.8. The van der Waals surface area contributed by atoms with Gasteiger partial charge in [0.1, 0.15) is 17.5 Å². The second-order valence-corrected chi connectivity index (χ2v) is 8.02. The zero-order valence-electron chi connectivity index (χ0n) is 16.5. The minimum atomic E-state index is -2.86. The smallest absolute Gasteiger partial charge is 0.266 e. The van der Waals surface area contributed by atoms with Crippen molar-refractivity contribution in [3.8, 4) is 0 Å². The van der Waals surface area contributed by atoms with Crippen LogP contribution in [0.25, 0.3) is 0 Å². The lowest BCUT2D eigenvalue weighted by molar-refractivity contribution is -0.0448. The third-order valence-corrected chi connectivity index (χ3v) is 5.48. The van der Waals surface area contributed by atoms with Gasteiger partial charge in [0.25, 0.3) is 6.43 Å². The number of nitrogens with one attached hydrogen (secondary N) is 1. The van der Waals surface area contributed by atoms with Crippen molar-refractivity contribution in [2.24, 2.45) is 5.41 Å². The average molecular weight is 407 g/mol. The van der Waals surface area contributed by atoms with Crippen LogP contribution in [0.4, 0.5) is 19.0 Å². The van der Waals surface area contributed by atoms with Gasteiger partial charge in [0.15, 0.2) is 6.29 Å². The van der Waals surface area contributed by atoms with Gasteiger partial charge in [-0.25, -0.2) is 23.1 Å². The van der Waals surface area contributed by atoms with Crippen molar-refractivity contribution in [2.45, 2.75) is 52.4 Å². The monoisotopic (exact) mass is 407 g/mol. The summed E-state index contributed by atoms with van der Waals surface area (Å²) in [7, 11) is 0. The third-order valence-electron chi connectivity index (χ3n) is 5.48. The molecule has 0 atom stereocenters. The van der Waals surface area contributed by atoms with E-state index < -0.39 is 24.1 Å².